The maximum Gasteiger partial charge on any atom is 0.435 e. The molecule has 0 aliphatic carbocycles. The van der Waals surface area contributed by atoms with E-state index in [2.05, 4.69) is 18.9 Å². The van der Waals surface area contributed by atoms with Crippen molar-refractivity contribution < 1.29 is 18.0 Å². The van der Waals surface area contributed by atoms with Crippen LogP contribution in [0.1, 0.15) is 41.5 Å². The van der Waals surface area contributed by atoms with Crippen molar-refractivity contribution in [2.24, 2.45) is 12.5 Å². The molecule has 134 valence electrons. The summed E-state index contributed by atoms with van der Waals surface area (Å²) >= 11 is 0. The number of carbonyl (C=O) groups excluding carboxylic acids is 1. The van der Waals surface area contributed by atoms with Gasteiger partial charge in [-0.25, -0.2) is 0 Å². The number of hydrogen-bond donors (Lipinski definition) is 0. The van der Waals surface area contributed by atoms with Crippen LogP contribution in [-0.2, 0) is 13.2 Å². The van der Waals surface area contributed by atoms with Crippen LogP contribution in [0.15, 0.2) is 36.4 Å². The zero-order chi connectivity index (χ0) is 18.4. The summed E-state index contributed by atoms with van der Waals surface area (Å²) < 4.78 is 39.5. The number of alkyl halides is 3. The van der Waals surface area contributed by atoms with E-state index in [0.29, 0.717) is 13.1 Å². The molecule has 1 atom stereocenters. The topological polar surface area (TPSA) is 38.1 Å². The van der Waals surface area contributed by atoms with E-state index in [0.717, 1.165) is 16.3 Å². The van der Waals surface area contributed by atoms with Crippen LogP contribution in [0.4, 0.5) is 13.2 Å². The highest BCUT2D eigenvalue weighted by atomic mass is 19.4. The lowest BCUT2D eigenvalue weighted by molar-refractivity contribution is -0.141. The average molecular weight is 351 g/mol. The molecule has 0 radical (unpaired) electrons. The highest BCUT2D eigenvalue weighted by Crippen LogP contribution is 2.42. The molecule has 1 fully saturated rings. The van der Waals surface area contributed by atoms with Crippen LogP contribution < -0.4 is 0 Å². The van der Waals surface area contributed by atoms with E-state index in [9.17, 15) is 18.0 Å². The summed E-state index contributed by atoms with van der Waals surface area (Å²) in [7, 11) is 1.36. The van der Waals surface area contributed by atoms with Crippen LogP contribution in [0.2, 0.25) is 0 Å². The first-order valence-corrected chi connectivity index (χ1v) is 8.05. The molecule has 1 amide bonds. The number of aromatic nitrogens is 2. The van der Waals surface area contributed by atoms with Gasteiger partial charge in [-0.15, -0.1) is 0 Å². The Labute approximate surface area is 144 Å². The normalized spacial score (nSPS) is 20.1. The standard InChI is InChI=1S/C18H20F3N3O/c1-17(2)11-24(10-13(17)12-7-5-4-6-8-12)16(25)14-9-15(18(19,20)21)22-23(14)3/h4-9,13H,10-11H2,1-3H3/t13-/m1/s1. The molecular formula is C18H20F3N3O. The number of halogens is 3. The van der Waals surface area contributed by atoms with Gasteiger partial charge in [-0.3, -0.25) is 9.48 Å². The highest BCUT2D eigenvalue weighted by molar-refractivity contribution is 5.93. The fourth-order valence-corrected chi connectivity index (χ4v) is 3.50. The van der Waals surface area contributed by atoms with Crippen molar-refractivity contribution in [2.75, 3.05) is 13.1 Å². The lowest BCUT2D eigenvalue weighted by Gasteiger charge is -2.25. The van der Waals surface area contributed by atoms with Crippen LogP contribution in [0.5, 0.6) is 0 Å². The molecule has 1 saturated heterocycles. The lowest BCUT2D eigenvalue weighted by atomic mass is 9.78. The quantitative estimate of drug-likeness (QED) is 0.827. The van der Waals surface area contributed by atoms with E-state index in [1.807, 2.05) is 30.3 Å². The van der Waals surface area contributed by atoms with Crippen molar-refractivity contribution in [1.82, 2.24) is 14.7 Å². The molecule has 0 saturated carbocycles. The van der Waals surface area contributed by atoms with Crippen molar-refractivity contribution in [1.29, 1.82) is 0 Å². The zero-order valence-corrected chi connectivity index (χ0v) is 14.3. The van der Waals surface area contributed by atoms with Gasteiger partial charge in [0.15, 0.2) is 5.69 Å². The number of carbonyl (C=O) groups is 1. The SMILES string of the molecule is Cn1nc(C(F)(F)F)cc1C(=O)N1C[C@H](c2ccccc2)C(C)(C)C1. The second-order valence-electron chi connectivity index (χ2n) is 7.17. The first-order valence-electron chi connectivity index (χ1n) is 8.05. The fraction of sp³-hybridized carbons (Fsp3) is 0.444. The molecule has 4 nitrogen and oxygen atoms in total. The molecule has 0 N–H and O–H groups in total. The monoisotopic (exact) mass is 351 g/mol. The summed E-state index contributed by atoms with van der Waals surface area (Å²) in [5.74, 6) is -0.287. The number of amides is 1. The predicted octanol–water partition coefficient (Wildman–Crippen LogP) is 3.70. The minimum atomic E-state index is -4.56. The average Bonchev–Trinajstić information content (AvgIpc) is 3.07. The molecule has 1 aromatic carbocycles. The van der Waals surface area contributed by atoms with E-state index >= 15 is 0 Å². The Morgan fingerprint density at radius 2 is 1.88 bits per heavy atom. The molecule has 1 aliphatic rings. The van der Waals surface area contributed by atoms with E-state index in [1.54, 1.807) is 4.90 Å². The summed E-state index contributed by atoms with van der Waals surface area (Å²) in [6, 6.07) is 10.7. The number of hydrogen-bond acceptors (Lipinski definition) is 2. The molecule has 0 unspecified atom stereocenters. The molecular weight excluding hydrogens is 331 g/mol. The van der Waals surface area contributed by atoms with Gasteiger partial charge in [0.2, 0.25) is 0 Å². The number of benzene rings is 1. The van der Waals surface area contributed by atoms with E-state index in [1.165, 1.54) is 7.05 Å². The minimum absolute atomic E-state index is 0.0446. The van der Waals surface area contributed by atoms with Gasteiger partial charge in [-0.2, -0.15) is 18.3 Å². The van der Waals surface area contributed by atoms with E-state index in [-0.39, 0.29) is 17.0 Å². The minimum Gasteiger partial charge on any atom is -0.336 e. The first-order chi connectivity index (χ1) is 11.6. The number of rotatable bonds is 2. The van der Waals surface area contributed by atoms with Crippen LogP contribution in [0.25, 0.3) is 0 Å². The third-order valence-corrected chi connectivity index (χ3v) is 4.82. The van der Waals surface area contributed by atoms with Crippen molar-refractivity contribution in [3.8, 4) is 0 Å². The largest absolute Gasteiger partial charge is 0.435 e. The molecule has 2 heterocycles. The molecule has 2 aromatic rings. The predicted molar refractivity (Wildman–Crippen MR) is 87.1 cm³/mol. The van der Waals surface area contributed by atoms with Crippen molar-refractivity contribution in [2.45, 2.75) is 25.9 Å². The fourth-order valence-electron chi connectivity index (χ4n) is 3.50. The van der Waals surface area contributed by atoms with Crippen LogP contribution in [0.3, 0.4) is 0 Å². The Balaban J connectivity index is 1.86. The molecule has 7 heteroatoms. The Hall–Kier alpha value is -2.31. The van der Waals surface area contributed by atoms with Gasteiger partial charge >= 0.3 is 6.18 Å². The second kappa shape index (κ2) is 5.89. The number of likely N-dealkylation sites (tertiary alicyclic amines) is 1. The zero-order valence-electron chi connectivity index (χ0n) is 14.3. The van der Waals surface area contributed by atoms with Gasteiger partial charge in [0.05, 0.1) is 0 Å². The summed E-state index contributed by atoms with van der Waals surface area (Å²) in [6.07, 6.45) is -4.56. The van der Waals surface area contributed by atoms with E-state index < -0.39 is 17.8 Å². The number of nitrogens with zero attached hydrogens (tertiary/aromatic N) is 3. The van der Waals surface area contributed by atoms with Gasteiger partial charge < -0.3 is 4.90 Å². The van der Waals surface area contributed by atoms with Crippen LogP contribution in [0, 0.1) is 5.41 Å². The third-order valence-electron chi connectivity index (χ3n) is 4.82. The smallest absolute Gasteiger partial charge is 0.336 e. The van der Waals surface area contributed by atoms with Gasteiger partial charge in [-0.05, 0) is 11.0 Å². The van der Waals surface area contributed by atoms with Crippen molar-refractivity contribution >= 4 is 5.91 Å². The number of aryl methyl sites for hydroxylation is 1. The van der Waals surface area contributed by atoms with Gasteiger partial charge in [0.25, 0.3) is 5.91 Å². The Bertz CT molecular complexity index is 781. The van der Waals surface area contributed by atoms with Crippen molar-refractivity contribution in [3.05, 3.63) is 53.3 Å². The summed E-state index contributed by atoms with van der Waals surface area (Å²) in [5.41, 5.74) is -0.125. The molecule has 3 rings (SSSR count). The highest BCUT2D eigenvalue weighted by Gasteiger charge is 2.43. The molecule has 0 bridgehead atoms. The summed E-state index contributed by atoms with van der Waals surface area (Å²) in [5, 5.41) is 3.43. The maximum absolute atomic E-state index is 12.8. The Morgan fingerprint density at radius 1 is 1.24 bits per heavy atom. The van der Waals surface area contributed by atoms with Gasteiger partial charge in [-0.1, -0.05) is 44.2 Å². The lowest BCUT2D eigenvalue weighted by Crippen LogP contribution is -2.31. The second-order valence-corrected chi connectivity index (χ2v) is 7.17. The molecule has 1 aliphatic heterocycles. The maximum atomic E-state index is 12.8. The summed E-state index contributed by atoms with van der Waals surface area (Å²) in [4.78, 5) is 14.4. The Kier molecular flexibility index (Phi) is 4.13. The first kappa shape index (κ1) is 17.5. The third kappa shape index (κ3) is 3.27. The Morgan fingerprint density at radius 3 is 2.44 bits per heavy atom. The van der Waals surface area contributed by atoms with Gasteiger partial charge in [0.1, 0.15) is 5.69 Å². The van der Waals surface area contributed by atoms with Crippen LogP contribution >= 0.6 is 0 Å². The molecule has 0 spiro atoms. The van der Waals surface area contributed by atoms with Crippen molar-refractivity contribution in [3.63, 3.8) is 0 Å². The van der Waals surface area contributed by atoms with Gasteiger partial charge in [0, 0.05) is 32.1 Å². The van der Waals surface area contributed by atoms with E-state index in [4.69, 9.17) is 0 Å². The van der Waals surface area contributed by atoms with Crippen LogP contribution in [-0.4, -0.2) is 33.7 Å². The molecule has 25 heavy (non-hydrogen) atoms. The molecule has 1 aromatic heterocycles. The summed E-state index contributed by atoms with van der Waals surface area (Å²) in [6.45, 7) is 5.10.